The Hall–Kier alpha value is -4.01. The van der Waals surface area contributed by atoms with Gasteiger partial charge in [-0.25, -0.2) is 9.67 Å². The summed E-state index contributed by atoms with van der Waals surface area (Å²) in [7, 11) is 3.27. The average molecular weight is 404 g/mol. The molecule has 0 atom stereocenters. The molecular formula is C21H20N6O3. The summed E-state index contributed by atoms with van der Waals surface area (Å²) in [6.07, 6.45) is 1.35. The lowest BCUT2D eigenvalue weighted by Crippen LogP contribution is -2.34. The lowest BCUT2D eigenvalue weighted by molar-refractivity contribution is -0.118. The van der Waals surface area contributed by atoms with Crippen molar-refractivity contribution in [1.82, 2.24) is 24.5 Å². The van der Waals surface area contributed by atoms with Crippen LogP contribution in [0.25, 0.3) is 11.2 Å². The van der Waals surface area contributed by atoms with Gasteiger partial charge in [-0.15, -0.1) is 5.10 Å². The summed E-state index contributed by atoms with van der Waals surface area (Å²) in [4.78, 5) is 31.2. The summed E-state index contributed by atoms with van der Waals surface area (Å²) in [6, 6.07) is 16.8. The maximum Gasteiger partial charge on any atom is 0.283 e. The lowest BCUT2D eigenvalue weighted by Gasteiger charge is -2.17. The van der Waals surface area contributed by atoms with Crippen molar-refractivity contribution in [2.75, 3.05) is 19.1 Å². The van der Waals surface area contributed by atoms with Crippen LogP contribution in [-0.2, 0) is 17.9 Å². The van der Waals surface area contributed by atoms with Crippen molar-refractivity contribution in [3.05, 3.63) is 76.8 Å². The van der Waals surface area contributed by atoms with Crippen molar-refractivity contribution in [2.45, 2.75) is 13.1 Å². The molecule has 30 heavy (non-hydrogen) atoms. The minimum Gasteiger partial charge on any atom is -0.497 e. The number of nitrogens with zero attached hydrogens (tertiary/aromatic N) is 6. The SMILES string of the molecule is COc1cccc(Cn2nnc3c(=O)n(CC(=O)N(C)c4ccccc4)cnc32)c1. The van der Waals surface area contributed by atoms with Crippen molar-refractivity contribution in [3.8, 4) is 5.75 Å². The number of carbonyl (C=O) groups is 1. The molecule has 0 N–H and O–H groups in total. The molecule has 4 aromatic rings. The average Bonchev–Trinajstić information content (AvgIpc) is 3.19. The van der Waals surface area contributed by atoms with Gasteiger partial charge in [0.2, 0.25) is 5.91 Å². The van der Waals surface area contributed by atoms with Crippen molar-refractivity contribution < 1.29 is 9.53 Å². The summed E-state index contributed by atoms with van der Waals surface area (Å²) in [5, 5.41) is 8.05. The van der Waals surface area contributed by atoms with Gasteiger partial charge in [0.15, 0.2) is 11.2 Å². The van der Waals surface area contributed by atoms with Gasteiger partial charge in [0, 0.05) is 12.7 Å². The Kier molecular flexibility index (Phi) is 5.25. The van der Waals surface area contributed by atoms with Gasteiger partial charge in [-0.05, 0) is 29.8 Å². The number of anilines is 1. The number of fused-ring (bicyclic) bond motifs is 1. The minimum absolute atomic E-state index is 0.121. The van der Waals surface area contributed by atoms with E-state index in [1.54, 1.807) is 18.8 Å². The van der Waals surface area contributed by atoms with Gasteiger partial charge in [-0.2, -0.15) is 0 Å². The van der Waals surface area contributed by atoms with E-state index in [4.69, 9.17) is 4.74 Å². The van der Waals surface area contributed by atoms with Crippen LogP contribution in [0.1, 0.15) is 5.56 Å². The molecule has 2 aromatic heterocycles. The number of para-hydroxylation sites is 1. The van der Waals surface area contributed by atoms with Gasteiger partial charge in [0.05, 0.1) is 13.7 Å². The van der Waals surface area contributed by atoms with Crippen molar-refractivity contribution in [2.24, 2.45) is 0 Å². The Bertz CT molecular complexity index is 1250. The molecule has 0 bridgehead atoms. The minimum atomic E-state index is -0.410. The molecule has 9 nitrogen and oxygen atoms in total. The first-order chi connectivity index (χ1) is 14.6. The summed E-state index contributed by atoms with van der Waals surface area (Å²) in [6.45, 7) is 0.246. The zero-order valence-electron chi connectivity index (χ0n) is 16.6. The summed E-state index contributed by atoms with van der Waals surface area (Å²) < 4.78 is 8.03. The maximum absolute atomic E-state index is 12.8. The van der Waals surface area contributed by atoms with Crippen LogP contribution in [0.2, 0.25) is 0 Å². The molecule has 0 unspecified atom stereocenters. The highest BCUT2D eigenvalue weighted by atomic mass is 16.5. The van der Waals surface area contributed by atoms with E-state index >= 15 is 0 Å². The molecule has 0 spiro atoms. The number of aromatic nitrogens is 5. The number of benzene rings is 2. The predicted molar refractivity (Wildman–Crippen MR) is 112 cm³/mol. The van der Waals surface area contributed by atoms with Crippen LogP contribution in [0, 0.1) is 0 Å². The number of likely N-dealkylation sites (N-methyl/N-ethyl adjacent to an activating group) is 1. The van der Waals surface area contributed by atoms with Crippen molar-refractivity contribution >= 4 is 22.8 Å². The second-order valence-electron chi connectivity index (χ2n) is 6.74. The molecule has 0 aliphatic rings. The Labute approximate surface area is 172 Å². The van der Waals surface area contributed by atoms with E-state index in [-0.39, 0.29) is 18.0 Å². The van der Waals surface area contributed by atoms with Crippen LogP contribution in [0.15, 0.2) is 65.7 Å². The van der Waals surface area contributed by atoms with E-state index in [9.17, 15) is 9.59 Å². The fourth-order valence-electron chi connectivity index (χ4n) is 3.10. The quantitative estimate of drug-likeness (QED) is 0.486. The number of rotatable bonds is 6. The standard InChI is InChI=1S/C21H20N6O3/c1-25(16-8-4-3-5-9-16)18(28)13-26-14-22-20-19(21(26)29)23-24-27(20)12-15-7-6-10-17(11-15)30-2/h3-11,14H,12-13H2,1-2H3. The van der Waals surface area contributed by atoms with E-state index in [0.29, 0.717) is 12.2 Å². The van der Waals surface area contributed by atoms with Gasteiger partial charge in [-0.1, -0.05) is 35.5 Å². The van der Waals surface area contributed by atoms with E-state index in [2.05, 4.69) is 15.3 Å². The topological polar surface area (TPSA) is 95.1 Å². The van der Waals surface area contributed by atoms with Crippen LogP contribution in [0.4, 0.5) is 5.69 Å². The molecule has 2 heterocycles. The lowest BCUT2D eigenvalue weighted by atomic mass is 10.2. The smallest absolute Gasteiger partial charge is 0.283 e. The molecule has 0 saturated carbocycles. The zero-order valence-corrected chi connectivity index (χ0v) is 16.6. The van der Waals surface area contributed by atoms with Crippen LogP contribution < -0.4 is 15.2 Å². The molecule has 152 valence electrons. The van der Waals surface area contributed by atoms with Crippen LogP contribution in [0.3, 0.4) is 0 Å². The number of methoxy groups -OCH3 is 1. The molecule has 9 heteroatoms. The van der Waals surface area contributed by atoms with Crippen LogP contribution >= 0.6 is 0 Å². The third-order valence-corrected chi connectivity index (χ3v) is 4.78. The normalized spacial score (nSPS) is 10.9. The van der Waals surface area contributed by atoms with E-state index < -0.39 is 5.56 Å². The van der Waals surface area contributed by atoms with E-state index in [1.165, 1.54) is 15.8 Å². The summed E-state index contributed by atoms with van der Waals surface area (Å²) >= 11 is 0. The highest BCUT2D eigenvalue weighted by Crippen LogP contribution is 2.15. The third-order valence-electron chi connectivity index (χ3n) is 4.78. The Balaban J connectivity index is 1.58. The van der Waals surface area contributed by atoms with Gasteiger partial charge in [0.1, 0.15) is 18.6 Å². The molecule has 0 aliphatic heterocycles. The highest BCUT2D eigenvalue weighted by molar-refractivity contribution is 5.92. The van der Waals surface area contributed by atoms with Gasteiger partial charge >= 0.3 is 0 Å². The number of ether oxygens (including phenoxy) is 1. The summed E-state index contributed by atoms with van der Waals surface area (Å²) in [5.74, 6) is 0.488. The number of hydrogen-bond acceptors (Lipinski definition) is 6. The van der Waals surface area contributed by atoms with Crippen LogP contribution in [-0.4, -0.2) is 44.6 Å². The first kappa shape index (κ1) is 19.3. The third kappa shape index (κ3) is 3.77. The monoisotopic (exact) mass is 404 g/mol. The fraction of sp³-hybridized carbons (Fsp3) is 0.190. The Morgan fingerprint density at radius 3 is 2.70 bits per heavy atom. The Morgan fingerprint density at radius 2 is 1.93 bits per heavy atom. The first-order valence-electron chi connectivity index (χ1n) is 9.30. The second-order valence-corrected chi connectivity index (χ2v) is 6.74. The number of amides is 1. The number of hydrogen-bond donors (Lipinski definition) is 0. The fourth-order valence-corrected chi connectivity index (χ4v) is 3.10. The second kappa shape index (κ2) is 8.16. The molecule has 1 amide bonds. The van der Waals surface area contributed by atoms with E-state index in [0.717, 1.165) is 17.0 Å². The summed E-state index contributed by atoms with van der Waals surface area (Å²) in [5.41, 5.74) is 1.76. The maximum atomic E-state index is 12.8. The highest BCUT2D eigenvalue weighted by Gasteiger charge is 2.16. The van der Waals surface area contributed by atoms with E-state index in [1.807, 2.05) is 54.6 Å². The molecule has 0 saturated heterocycles. The molecule has 0 fully saturated rings. The molecule has 2 aromatic carbocycles. The van der Waals surface area contributed by atoms with Crippen LogP contribution in [0.5, 0.6) is 5.75 Å². The van der Waals surface area contributed by atoms with Crippen molar-refractivity contribution in [3.63, 3.8) is 0 Å². The van der Waals surface area contributed by atoms with Crippen molar-refractivity contribution in [1.29, 1.82) is 0 Å². The van der Waals surface area contributed by atoms with Gasteiger partial charge in [-0.3, -0.25) is 14.2 Å². The first-order valence-corrected chi connectivity index (χ1v) is 9.30. The molecule has 0 radical (unpaired) electrons. The zero-order chi connectivity index (χ0) is 21.1. The molecule has 4 rings (SSSR count). The van der Waals surface area contributed by atoms with Gasteiger partial charge < -0.3 is 9.64 Å². The Morgan fingerprint density at radius 1 is 1.13 bits per heavy atom. The predicted octanol–water partition coefficient (Wildman–Crippen LogP) is 1.71. The molecule has 0 aliphatic carbocycles. The van der Waals surface area contributed by atoms with Gasteiger partial charge in [0.25, 0.3) is 5.56 Å². The molecular weight excluding hydrogens is 384 g/mol. The largest absolute Gasteiger partial charge is 0.497 e. The number of carbonyl (C=O) groups excluding carboxylic acids is 1.